The standard InChI is InChI=1S/C17H14F2N2O2/c18-13-6-5-11(9-14(13)19)10-16(22)21-8-7-20-17(23)12-3-1-2-4-15(12)21/h1-6,9H,7-8,10H2,(H,20,23). The molecule has 2 aromatic carbocycles. The quantitative estimate of drug-likeness (QED) is 0.924. The van der Waals surface area contributed by atoms with E-state index in [-0.39, 0.29) is 18.2 Å². The van der Waals surface area contributed by atoms with Gasteiger partial charge < -0.3 is 10.2 Å². The van der Waals surface area contributed by atoms with E-state index in [0.717, 1.165) is 12.1 Å². The van der Waals surface area contributed by atoms with Crippen LogP contribution in [0.4, 0.5) is 14.5 Å². The van der Waals surface area contributed by atoms with Gasteiger partial charge in [0, 0.05) is 13.1 Å². The normalized spacial score (nSPS) is 14.0. The number of carbonyl (C=O) groups excluding carboxylic acids is 2. The highest BCUT2D eigenvalue weighted by atomic mass is 19.2. The van der Waals surface area contributed by atoms with Gasteiger partial charge >= 0.3 is 0 Å². The van der Waals surface area contributed by atoms with Crippen molar-refractivity contribution in [1.29, 1.82) is 0 Å². The number of halogens is 2. The Hall–Kier alpha value is -2.76. The Morgan fingerprint density at radius 2 is 1.91 bits per heavy atom. The fourth-order valence-electron chi connectivity index (χ4n) is 2.58. The Morgan fingerprint density at radius 1 is 1.13 bits per heavy atom. The minimum Gasteiger partial charge on any atom is -0.350 e. The number of carbonyl (C=O) groups is 2. The molecule has 0 spiro atoms. The SMILES string of the molecule is O=C1NCCN(C(=O)Cc2ccc(F)c(F)c2)c2ccccc21. The number of amides is 2. The van der Waals surface area contributed by atoms with Crippen LogP contribution in [0.1, 0.15) is 15.9 Å². The van der Waals surface area contributed by atoms with Gasteiger partial charge in [-0.05, 0) is 29.8 Å². The second kappa shape index (κ2) is 6.16. The predicted octanol–water partition coefficient (Wildman–Crippen LogP) is 2.28. The van der Waals surface area contributed by atoms with Crippen molar-refractivity contribution in [2.75, 3.05) is 18.0 Å². The summed E-state index contributed by atoms with van der Waals surface area (Å²) >= 11 is 0. The van der Waals surface area contributed by atoms with Crippen LogP contribution in [0, 0.1) is 11.6 Å². The van der Waals surface area contributed by atoms with Crippen LogP contribution in [-0.4, -0.2) is 24.9 Å². The number of fused-ring (bicyclic) bond motifs is 1. The molecule has 1 aliphatic rings. The van der Waals surface area contributed by atoms with Gasteiger partial charge in [0.2, 0.25) is 5.91 Å². The first-order chi connectivity index (χ1) is 11.1. The molecule has 0 bridgehead atoms. The molecule has 1 aliphatic heterocycles. The molecule has 0 saturated heterocycles. The molecule has 0 saturated carbocycles. The smallest absolute Gasteiger partial charge is 0.253 e. The lowest BCUT2D eigenvalue weighted by Gasteiger charge is -2.22. The zero-order chi connectivity index (χ0) is 16.4. The zero-order valence-electron chi connectivity index (χ0n) is 12.2. The summed E-state index contributed by atoms with van der Waals surface area (Å²) in [4.78, 5) is 26.0. The molecule has 0 aliphatic carbocycles. The maximum Gasteiger partial charge on any atom is 0.253 e. The molecule has 6 heteroatoms. The van der Waals surface area contributed by atoms with Crippen LogP contribution >= 0.6 is 0 Å². The van der Waals surface area contributed by atoms with E-state index in [0.29, 0.717) is 29.9 Å². The van der Waals surface area contributed by atoms with Crippen LogP contribution in [0.25, 0.3) is 0 Å². The van der Waals surface area contributed by atoms with Crippen LogP contribution in [0.5, 0.6) is 0 Å². The van der Waals surface area contributed by atoms with Crippen molar-refractivity contribution >= 4 is 17.5 Å². The third-order valence-electron chi connectivity index (χ3n) is 3.70. The number of benzene rings is 2. The summed E-state index contributed by atoms with van der Waals surface area (Å²) in [5, 5.41) is 2.72. The molecule has 0 radical (unpaired) electrons. The lowest BCUT2D eigenvalue weighted by Crippen LogP contribution is -2.36. The van der Waals surface area contributed by atoms with Crippen LogP contribution in [0.15, 0.2) is 42.5 Å². The highest BCUT2D eigenvalue weighted by Crippen LogP contribution is 2.23. The number of rotatable bonds is 2. The van der Waals surface area contributed by atoms with Gasteiger partial charge in [0.05, 0.1) is 17.7 Å². The van der Waals surface area contributed by atoms with E-state index in [1.807, 2.05) is 0 Å². The molecule has 1 N–H and O–H groups in total. The predicted molar refractivity (Wildman–Crippen MR) is 81.2 cm³/mol. The number of nitrogens with zero attached hydrogens (tertiary/aromatic N) is 1. The Balaban J connectivity index is 1.88. The third-order valence-corrected chi connectivity index (χ3v) is 3.70. The summed E-state index contributed by atoms with van der Waals surface area (Å²) in [6, 6.07) is 10.2. The van der Waals surface area contributed by atoms with Gasteiger partial charge in [0.15, 0.2) is 11.6 Å². The topological polar surface area (TPSA) is 49.4 Å². The van der Waals surface area contributed by atoms with Gasteiger partial charge in [-0.1, -0.05) is 18.2 Å². The first-order valence-electron chi connectivity index (χ1n) is 7.18. The Bertz CT molecular complexity index is 777. The lowest BCUT2D eigenvalue weighted by atomic mass is 10.1. The average Bonchev–Trinajstić information content (AvgIpc) is 2.71. The fourth-order valence-corrected chi connectivity index (χ4v) is 2.58. The van der Waals surface area contributed by atoms with Crippen LogP contribution in [-0.2, 0) is 11.2 Å². The third kappa shape index (κ3) is 3.06. The molecular weight excluding hydrogens is 302 g/mol. The van der Waals surface area contributed by atoms with Crippen LogP contribution in [0.2, 0.25) is 0 Å². The minimum atomic E-state index is -0.983. The van der Waals surface area contributed by atoms with E-state index in [1.165, 1.54) is 11.0 Å². The Morgan fingerprint density at radius 3 is 2.70 bits per heavy atom. The average molecular weight is 316 g/mol. The minimum absolute atomic E-state index is 0.0697. The number of nitrogens with one attached hydrogen (secondary N) is 1. The van der Waals surface area contributed by atoms with Crippen molar-refractivity contribution in [1.82, 2.24) is 5.32 Å². The molecule has 0 unspecified atom stereocenters. The number of para-hydroxylation sites is 1. The van der Waals surface area contributed by atoms with E-state index in [2.05, 4.69) is 5.32 Å². The van der Waals surface area contributed by atoms with Crippen molar-refractivity contribution in [2.24, 2.45) is 0 Å². The molecule has 0 atom stereocenters. The van der Waals surface area contributed by atoms with E-state index in [4.69, 9.17) is 0 Å². The van der Waals surface area contributed by atoms with Crippen LogP contribution in [0.3, 0.4) is 0 Å². The summed E-state index contributed by atoms with van der Waals surface area (Å²) in [5.41, 5.74) is 1.33. The second-order valence-corrected chi connectivity index (χ2v) is 5.24. The first kappa shape index (κ1) is 15.1. The molecule has 118 valence electrons. The highest BCUT2D eigenvalue weighted by molar-refractivity contribution is 6.06. The number of hydrogen-bond donors (Lipinski definition) is 1. The second-order valence-electron chi connectivity index (χ2n) is 5.24. The lowest BCUT2D eigenvalue weighted by molar-refractivity contribution is -0.118. The van der Waals surface area contributed by atoms with Crippen molar-refractivity contribution in [2.45, 2.75) is 6.42 Å². The Kier molecular flexibility index (Phi) is 4.06. The molecular formula is C17H14F2N2O2. The Labute approximate surface area is 131 Å². The maximum absolute atomic E-state index is 13.3. The van der Waals surface area contributed by atoms with Gasteiger partial charge in [-0.25, -0.2) is 8.78 Å². The van der Waals surface area contributed by atoms with E-state index < -0.39 is 11.6 Å². The summed E-state index contributed by atoms with van der Waals surface area (Å²) in [6.45, 7) is 0.655. The van der Waals surface area contributed by atoms with E-state index >= 15 is 0 Å². The molecule has 1 heterocycles. The van der Waals surface area contributed by atoms with Crippen molar-refractivity contribution in [3.8, 4) is 0 Å². The summed E-state index contributed by atoms with van der Waals surface area (Å²) in [6.07, 6.45) is -0.0697. The molecule has 2 amide bonds. The number of anilines is 1. The summed E-state index contributed by atoms with van der Waals surface area (Å²) in [7, 11) is 0. The van der Waals surface area contributed by atoms with Crippen molar-refractivity contribution < 1.29 is 18.4 Å². The van der Waals surface area contributed by atoms with Gasteiger partial charge in [-0.15, -0.1) is 0 Å². The molecule has 0 fully saturated rings. The van der Waals surface area contributed by atoms with Gasteiger partial charge in [-0.2, -0.15) is 0 Å². The number of hydrogen-bond acceptors (Lipinski definition) is 2. The molecule has 0 aromatic heterocycles. The van der Waals surface area contributed by atoms with Gasteiger partial charge in [0.25, 0.3) is 5.91 Å². The van der Waals surface area contributed by atoms with Gasteiger partial charge in [-0.3, -0.25) is 9.59 Å². The zero-order valence-corrected chi connectivity index (χ0v) is 12.2. The van der Waals surface area contributed by atoms with Gasteiger partial charge in [0.1, 0.15) is 0 Å². The molecule has 23 heavy (non-hydrogen) atoms. The largest absolute Gasteiger partial charge is 0.350 e. The van der Waals surface area contributed by atoms with E-state index in [1.54, 1.807) is 24.3 Å². The molecule has 3 rings (SSSR count). The monoisotopic (exact) mass is 316 g/mol. The van der Waals surface area contributed by atoms with Crippen molar-refractivity contribution in [3.05, 3.63) is 65.2 Å². The summed E-state index contributed by atoms with van der Waals surface area (Å²) < 4.78 is 26.2. The van der Waals surface area contributed by atoms with Crippen LogP contribution < -0.4 is 10.2 Å². The van der Waals surface area contributed by atoms with E-state index in [9.17, 15) is 18.4 Å². The first-order valence-corrected chi connectivity index (χ1v) is 7.18. The fraction of sp³-hybridized carbons (Fsp3) is 0.176. The van der Waals surface area contributed by atoms with Crippen molar-refractivity contribution in [3.63, 3.8) is 0 Å². The summed E-state index contributed by atoms with van der Waals surface area (Å²) in [5.74, 6) is -2.44. The maximum atomic E-state index is 13.3. The molecule has 4 nitrogen and oxygen atoms in total. The molecule has 2 aromatic rings. The highest BCUT2D eigenvalue weighted by Gasteiger charge is 2.24.